The van der Waals surface area contributed by atoms with Gasteiger partial charge in [0.05, 0.1) is 23.3 Å². The van der Waals surface area contributed by atoms with Gasteiger partial charge in [0, 0.05) is 0 Å². The van der Waals surface area contributed by atoms with Crippen molar-refractivity contribution in [2.45, 2.75) is 91.3 Å². The quantitative estimate of drug-likeness (QED) is 0.218. The summed E-state index contributed by atoms with van der Waals surface area (Å²) in [5.41, 5.74) is 0.662. The first kappa shape index (κ1) is 36.2. The molecule has 0 aliphatic carbocycles. The molecule has 0 fully saturated rings. The van der Waals surface area contributed by atoms with Gasteiger partial charge < -0.3 is 20.4 Å². The number of aromatic carboxylic acids is 2. The van der Waals surface area contributed by atoms with Crippen LogP contribution in [0.1, 0.15) is 99.8 Å². The number of allylic oxidation sites excluding steroid dienone is 1. The maximum Gasteiger partial charge on any atom is 0.335 e. The van der Waals surface area contributed by atoms with E-state index < -0.39 is 11.9 Å². The number of unbranched alkanes of at least 4 members (excludes halogenated alkanes) is 1. The third kappa shape index (κ3) is 23.2. The van der Waals surface area contributed by atoms with Gasteiger partial charge in [-0.05, 0) is 62.8 Å². The van der Waals surface area contributed by atoms with Crippen LogP contribution in [0.5, 0.6) is 0 Å². The number of benzene rings is 2. The number of rotatable bonds is 12. The molecule has 2 aromatic rings. The largest absolute Gasteiger partial charge is 0.478 e. The maximum atomic E-state index is 10.2. The van der Waals surface area contributed by atoms with Crippen LogP contribution < -0.4 is 0 Å². The second kappa shape index (κ2) is 24.7. The predicted octanol–water partition coefficient (Wildman–Crippen LogP) is 7.47. The van der Waals surface area contributed by atoms with E-state index in [0.717, 1.165) is 18.8 Å². The molecule has 2 aromatic carbocycles. The average Bonchev–Trinajstić information content (AvgIpc) is 2.88. The fraction of sp³-hybridized carbons (Fsp3) is 0.484. The lowest BCUT2D eigenvalue weighted by atomic mass is 9.98. The van der Waals surface area contributed by atoms with Crippen LogP contribution in [0.4, 0.5) is 0 Å². The molecule has 6 heteroatoms. The minimum absolute atomic E-state index is 0.310. The minimum atomic E-state index is -0.879. The van der Waals surface area contributed by atoms with Crippen LogP contribution in [-0.4, -0.2) is 44.6 Å². The molecule has 3 unspecified atom stereocenters. The van der Waals surface area contributed by atoms with Crippen LogP contribution in [0.25, 0.3) is 0 Å². The molecule has 208 valence electrons. The molecule has 0 amide bonds. The Bertz CT molecular complexity index is 755. The number of carbonyl (C=O) groups is 2. The van der Waals surface area contributed by atoms with Crippen LogP contribution in [0, 0.1) is 5.92 Å². The summed E-state index contributed by atoms with van der Waals surface area (Å²) in [5, 5.41) is 34.6. The Hall–Kier alpha value is -2.96. The molecule has 4 N–H and O–H groups in total. The summed E-state index contributed by atoms with van der Waals surface area (Å²) in [7, 11) is 0. The summed E-state index contributed by atoms with van der Waals surface area (Å²) < 4.78 is 0. The van der Waals surface area contributed by atoms with Crippen LogP contribution in [0.2, 0.25) is 0 Å². The van der Waals surface area contributed by atoms with E-state index in [1.54, 1.807) is 67.6 Å². The summed E-state index contributed by atoms with van der Waals surface area (Å²) in [6, 6.07) is 16.6. The molecule has 0 saturated carbocycles. The highest BCUT2D eigenvalue weighted by Gasteiger charge is 2.05. The van der Waals surface area contributed by atoms with E-state index in [9.17, 15) is 9.59 Å². The van der Waals surface area contributed by atoms with E-state index in [1.807, 2.05) is 6.92 Å². The summed E-state index contributed by atoms with van der Waals surface area (Å²) in [5.74, 6) is -0.976. The fourth-order valence-electron chi connectivity index (χ4n) is 3.22. The van der Waals surface area contributed by atoms with Gasteiger partial charge in [0.15, 0.2) is 0 Å². The molecule has 0 aliphatic rings. The van der Waals surface area contributed by atoms with E-state index in [1.165, 1.54) is 32.1 Å². The average molecular weight is 517 g/mol. The zero-order chi connectivity index (χ0) is 28.5. The number of aliphatic hydroxyl groups is 2. The molecule has 0 saturated heterocycles. The molecule has 37 heavy (non-hydrogen) atoms. The molecular formula is C31H48O6. The molecule has 2 rings (SSSR count). The first-order chi connectivity index (χ1) is 17.6. The van der Waals surface area contributed by atoms with Crippen molar-refractivity contribution in [3.8, 4) is 0 Å². The van der Waals surface area contributed by atoms with Gasteiger partial charge in [0.25, 0.3) is 0 Å². The highest BCUT2D eigenvalue weighted by atomic mass is 16.4. The topological polar surface area (TPSA) is 115 Å². The smallest absolute Gasteiger partial charge is 0.335 e. The molecule has 0 bridgehead atoms. The third-order valence-electron chi connectivity index (χ3n) is 5.20. The summed E-state index contributed by atoms with van der Waals surface area (Å²) in [6.45, 7) is 12.0. The van der Waals surface area contributed by atoms with Crippen molar-refractivity contribution in [3.63, 3.8) is 0 Å². The van der Waals surface area contributed by atoms with Gasteiger partial charge in [-0.2, -0.15) is 0 Å². The van der Waals surface area contributed by atoms with Crippen molar-refractivity contribution in [1.82, 2.24) is 0 Å². The number of hydrogen-bond donors (Lipinski definition) is 4. The Morgan fingerprint density at radius 3 is 1.46 bits per heavy atom. The van der Waals surface area contributed by atoms with Crippen LogP contribution in [-0.2, 0) is 0 Å². The van der Waals surface area contributed by atoms with Crippen molar-refractivity contribution in [2.24, 2.45) is 5.92 Å². The van der Waals surface area contributed by atoms with Gasteiger partial charge in [-0.1, -0.05) is 88.9 Å². The Morgan fingerprint density at radius 2 is 1.19 bits per heavy atom. The lowest BCUT2D eigenvalue weighted by Crippen LogP contribution is -2.13. The Kier molecular flexibility index (Phi) is 24.2. The van der Waals surface area contributed by atoms with E-state index in [2.05, 4.69) is 26.5 Å². The molecule has 0 aromatic heterocycles. The standard InChI is InChI=1S/C10H20.2C7H6O2.C7H16O2/c1-4-7-9-10(6-3)8-5-2;2*8-7(9)6-4-2-1-3-5-6;1-3-4-7(9)5-6(2)8/h6,10H,3-5,7-9H2,1-2H3;2*1-5H,(H,8,9);6-9H,3-5H2,1-2H3. The zero-order valence-corrected chi connectivity index (χ0v) is 23.1. The van der Waals surface area contributed by atoms with Crippen molar-refractivity contribution in [1.29, 1.82) is 0 Å². The van der Waals surface area contributed by atoms with E-state index in [-0.39, 0.29) is 12.2 Å². The van der Waals surface area contributed by atoms with Gasteiger partial charge in [0.1, 0.15) is 0 Å². The molecule has 0 radical (unpaired) electrons. The van der Waals surface area contributed by atoms with Gasteiger partial charge in [-0.25, -0.2) is 9.59 Å². The molecular weight excluding hydrogens is 468 g/mol. The van der Waals surface area contributed by atoms with Crippen molar-refractivity contribution < 1.29 is 30.0 Å². The minimum Gasteiger partial charge on any atom is -0.478 e. The number of aliphatic hydroxyl groups excluding tert-OH is 2. The Labute approximate surface area is 223 Å². The second-order valence-corrected chi connectivity index (χ2v) is 8.80. The third-order valence-corrected chi connectivity index (χ3v) is 5.20. The van der Waals surface area contributed by atoms with Crippen LogP contribution >= 0.6 is 0 Å². The van der Waals surface area contributed by atoms with E-state index in [0.29, 0.717) is 17.5 Å². The number of carboxylic acids is 2. The Morgan fingerprint density at radius 1 is 0.757 bits per heavy atom. The first-order valence-electron chi connectivity index (χ1n) is 13.2. The SMILES string of the molecule is C=CC(CCC)CCCC.CCCC(O)CC(C)O.O=C(O)c1ccccc1.O=C(O)c1ccccc1. The maximum absolute atomic E-state index is 10.2. The van der Waals surface area contributed by atoms with Gasteiger partial charge >= 0.3 is 11.9 Å². The molecule has 0 aliphatic heterocycles. The highest BCUT2D eigenvalue weighted by molar-refractivity contribution is 5.87. The van der Waals surface area contributed by atoms with Crippen LogP contribution in [0.3, 0.4) is 0 Å². The highest BCUT2D eigenvalue weighted by Crippen LogP contribution is 2.15. The summed E-state index contributed by atoms with van der Waals surface area (Å²) in [4.78, 5) is 20.4. The normalized spacial score (nSPS) is 12.1. The molecule has 0 heterocycles. The molecule has 6 nitrogen and oxygen atoms in total. The van der Waals surface area contributed by atoms with E-state index >= 15 is 0 Å². The van der Waals surface area contributed by atoms with Crippen molar-refractivity contribution in [2.75, 3.05) is 0 Å². The van der Waals surface area contributed by atoms with Crippen molar-refractivity contribution >= 4 is 11.9 Å². The molecule has 0 spiro atoms. The number of carboxylic acid groups (broad SMARTS) is 2. The Balaban J connectivity index is 0. The number of hydrogen-bond acceptors (Lipinski definition) is 4. The monoisotopic (exact) mass is 516 g/mol. The summed E-state index contributed by atoms with van der Waals surface area (Å²) in [6.07, 6.45) is 10.3. The fourth-order valence-corrected chi connectivity index (χ4v) is 3.22. The lowest BCUT2D eigenvalue weighted by Gasteiger charge is -2.09. The lowest BCUT2D eigenvalue weighted by molar-refractivity contribution is 0.0686. The summed E-state index contributed by atoms with van der Waals surface area (Å²) >= 11 is 0. The zero-order valence-electron chi connectivity index (χ0n) is 23.1. The van der Waals surface area contributed by atoms with Crippen LogP contribution in [0.15, 0.2) is 73.3 Å². The van der Waals surface area contributed by atoms with Gasteiger partial charge in [-0.15, -0.1) is 6.58 Å². The van der Waals surface area contributed by atoms with Crippen molar-refractivity contribution in [3.05, 3.63) is 84.4 Å². The predicted molar refractivity (Wildman–Crippen MR) is 152 cm³/mol. The first-order valence-corrected chi connectivity index (χ1v) is 13.2. The van der Waals surface area contributed by atoms with E-state index in [4.69, 9.17) is 20.4 Å². The molecule has 3 atom stereocenters. The second-order valence-electron chi connectivity index (χ2n) is 8.80. The van der Waals surface area contributed by atoms with Gasteiger partial charge in [0.2, 0.25) is 0 Å². The van der Waals surface area contributed by atoms with Gasteiger partial charge in [-0.3, -0.25) is 0 Å².